The highest BCUT2D eigenvalue weighted by Crippen LogP contribution is 2.30. The molecule has 14 heavy (non-hydrogen) atoms. The van der Waals surface area contributed by atoms with E-state index >= 15 is 0 Å². The minimum atomic E-state index is -0.411. The Hall–Kier alpha value is -0.620. The van der Waals surface area contributed by atoms with Gasteiger partial charge in [-0.15, -0.1) is 0 Å². The second kappa shape index (κ2) is 3.51. The van der Waals surface area contributed by atoms with E-state index in [1.165, 1.54) is 6.20 Å². The maximum absolute atomic E-state index is 13.4. The average Bonchev–Trinajstić information content (AvgIpc) is 2.14. The Morgan fingerprint density at radius 2 is 2.14 bits per heavy atom. The van der Waals surface area contributed by atoms with E-state index in [4.69, 9.17) is 17.3 Å². The van der Waals surface area contributed by atoms with E-state index < -0.39 is 5.82 Å². The highest BCUT2D eigenvalue weighted by Gasteiger charge is 2.10. The van der Waals surface area contributed by atoms with Gasteiger partial charge in [-0.1, -0.05) is 11.6 Å². The molecule has 0 unspecified atom stereocenters. The molecule has 0 amide bonds. The summed E-state index contributed by atoms with van der Waals surface area (Å²) in [4.78, 5) is 3.86. The Kier molecular flexibility index (Phi) is 2.48. The third kappa shape index (κ3) is 1.52. The molecule has 0 saturated carbocycles. The van der Waals surface area contributed by atoms with Gasteiger partial charge >= 0.3 is 0 Å². The zero-order valence-electron chi connectivity index (χ0n) is 6.89. The van der Waals surface area contributed by atoms with Crippen molar-refractivity contribution >= 4 is 50.8 Å². The average molecular weight is 323 g/mol. The van der Waals surface area contributed by atoms with Gasteiger partial charge in [0.2, 0.25) is 0 Å². The van der Waals surface area contributed by atoms with Crippen LogP contribution in [-0.2, 0) is 0 Å². The van der Waals surface area contributed by atoms with Crippen molar-refractivity contribution < 1.29 is 4.39 Å². The molecule has 0 fully saturated rings. The molecule has 0 atom stereocenters. The van der Waals surface area contributed by atoms with Crippen molar-refractivity contribution in [2.24, 2.45) is 0 Å². The summed E-state index contributed by atoms with van der Waals surface area (Å²) in [6.07, 6.45) is 1.48. The highest BCUT2D eigenvalue weighted by molar-refractivity contribution is 14.1. The van der Waals surface area contributed by atoms with Crippen molar-refractivity contribution in [3.63, 3.8) is 0 Å². The fourth-order valence-corrected chi connectivity index (χ4v) is 2.24. The van der Waals surface area contributed by atoms with Crippen LogP contribution in [0, 0.1) is 9.39 Å². The van der Waals surface area contributed by atoms with Crippen molar-refractivity contribution in [1.29, 1.82) is 0 Å². The van der Waals surface area contributed by atoms with Gasteiger partial charge in [-0.2, -0.15) is 0 Å². The standard InChI is InChI=1S/C9H5ClFIN2/c10-8-5-3-14-7(13)2-4(5)1-6(12)9(8)11/h1-3H,(H2,13,14). The van der Waals surface area contributed by atoms with Crippen LogP contribution in [0.5, 0.6) is 0 Å². The third-order valence-electron chi connectivity index (χ3n) is 1.88. The maximum atomic E-state index is 13.4. The molecule has 0 radical (unpaired) electrons. The molecule has 0 saturated heterocycles. The molecular formula is C9H5ClFIN2. The first-order valence-corrected chi connectivity index (χ1v) is 5.24. The number of rotatable bonds is 0. The van der Waals surface area contributed by atoms with Gasteiger partial charge in [-0.3, -0.25) is 0 Å². The fourth-order valence-electron chi connectivity index (χ4n) is 1.21. The van der Waals surface area contributed by atoms with Crippen molar-refractivity contribution in [1.82, 2.24) is 4.98 Å². The largest absolute Gasteiger partial charge is 0.384 e. The lowest BCUT2D eigenvalue weighted by molar-refractivity contribution is 0.622. The highest BCUT2D eigenvalue weighted by atomic mass is 127. The number of fused-ring (bicyclic) bond motifs is 1. The van der Waals surface area contributed by atoms with Crippen LogP contribution in [0.4, 0.5) is 10.2 Å². The monoisotopic (exact) mass is 322 g/mol. The van der Waals surface area contributed by atoms with E-state index in [0.717, 1.165) is 5.39 Å². The van der Waals surface area contributed by atoms with Gasteiger partial charge in [-0.25, -0.2) is 9.37 Å². The van der Waals surface area contributed by atoms with Crippen molar-refractivity contribution in [2.45, 2.75) is 0 Å². The molecule has 5 heteroatoms. The molecule has 2 N–H and O–H groups in total. The van der Waals surface area contributed by atoms with E-state index in [0.29, 0.717) is 14.8 Å². The molecule has 1 heterocycles. The lowest BCUT2D eigenvalue weighted by Gasteiger charge is -2.04. The molecule has 0 aliphatic heterocycles. The molecule has 1 aromatic carbocycles. The number of anilines is 1. The molecule has 0 bridgehead atoms. The number of hydrogen-bond acceptors (Lipinski definition) is 2. The number of nitrogen functional groups attached to an aromatic ring is 1. The Balaban J connectivity index is 2.91. The molecular weight excluding hydrogens is 317 g/mol. The van der Waals surface area contributed by atoms with Gasteiger partial charge in [0.15, 0.2) is 5.82 Å². The van der Waals surface area contributed by atoms with Crippen molar-refractivity contribution in [2.75, 3.05) is 5.73 Å². The van der Waals surface area contributed by atoms with E-state index in [1.54, 1.807) is 12.1 Å². The topological polar surface area (TPSA) is 38.9 Å². The first-order valence-electron chi connectivity index (χ1n) is 3.78. The van der Waals surface area contributed by atoms with Crippen LogP contribution >= 0.6 is 34.2 Å². The predicted molar refractivity (Wildman–Crippen MR) is 63.8 cm³/mol. The van der Waals surface area contributed by atoms with Crippen LogP contribution in [0.3, 0.4) is 0 Å². The van der Waals surface area contributed by atoms with Crippen LogP contribution in [-0.4, -0.2) is 4.98 Å². The normalized spacial score (nSPS) is 10.8. The summed E-state index contributed by atoms with van der Waals surface area (Å²) >= 11 is 7.71. The van der Waals surface area contributed by atoms with E-state index in [1.807, 2.05) is 22.6 Å². The summed E-state index contributed by atoms with van der Waals surface area (Å²) in [5.74, 6) is -0.0117. The fraction of sp³-hybridized carbons (Fsp3) is 0. The van der Waals surface area contributed by atoms with Crippen LogP contribution in [0.1, 0.15) is 0 Å². The second-order valence-corrected chi connectivity index (χ2v) is 4.36. The minimum Gasteiger partial charge on any atom is -0.384 e. The summed E-state index contributed by atoms with van der Waals surface area (Å²) in [6, 6.07) is 3.36. The smallest absolute Gasteiger partial charge is 0.155 e. The summed E-state index contributed by atoms with van der Waals surface area (Å²) in [7, 11) is 0. The van der Waals surface area contributed by atoms with Gasteiger partial charge in [0.1, 0.15) is 5.82 Å². The molecule has 0 aliphatic rings. The summed E-state index contributed by atoms with van der Waals surface area (Å²) in [6.45, 7) is 0. The molecule has 72 valence electrons. The van der Waals surface area contributed by atoms with E-state index in [9.17, 15) is 4.39 Å². The number of benzene rings is 1. The molecule has 0 aliphatic carbocycles. The first-order chi connectivity index (χ1) is 6.59. The quantitative estimate of drug-likeness (QED) is 0.597. The molecule has 2 aromatic rings. The predicted octanol–water partition coefficient (Wildman–Crippen LogP) is 3.21. The molecule has 0 spiro atoms. The van der Waals surface area contributed by atoms with Gasteiger partial charge in [-0.05, 0) is 40.1 Å². The number of hydrogen-bond donors (Lipinski definition) is 1. The molecule has 2 rings (SSSR count). The first kappa shape index (κ1) is 9.92. The number of nitrogens with two attached hydrogens (primary N) is 1. The summed E-state index contributed by atoms with van der Waals surface area (Å²) in [5.41, 5.74) is 5.51. The second-order valence-electron chi connectivity index (χ2n) is 2.82. The Morgan fingerprint density at radius 3 is 2.86 bits per heavy atom. The maximum Gasteiger partial charge on any atom is 0.155 e. The van der Waals surface area contributed by atoms with Crippen LogP contribution in [0.15, 0.2) is 18.3 Å². The Bertz CT molecular complexity index is 516. The van der Waals surface area contributed by atoms with Gasteiger partial charge in [0.05, 0.1) is 8.59 Å². The van der Waals surface area contributed by atoms with Crippen molar-refractivity contribution in [3.05, 3.63) is 32.7 Å². The van der Waals surface area contributed by atoms with Crippen LogP contribution < -0.4 is 5.73 Å². The third-order valence-corrected chi connectivity index (χ3v) is 3.03. The molecule has 1 aromatic heterocycles. The Labute approximate surface area is 98.4 Å². The molecule has 2 nitrogen and oxygen atoms in total. The number of pyridine rings is 1. The summed E-state index contributed by atoms with van der Waals surface area (Å²) < 4.78 is 13.8. The van der Waals surface area contributed by atoms with Crippen molar-refractivity contribution in [3.8, 4) is 0 Å². The SMILES string of the molecule is Nc1cc2cc(I)c(F)c(Cl)c2cn1. The zero-order chi connectivity index (χ0) is 10.3. The van der Waals surface area contributed by atoms with Gasteiger partial charge < -0.3 is 5.73 Å². The number of halogens is 3. The van der Waals surface area contributed by atoms with Crippen LogP contribution in [0.2, 0.25) is 5.02 Å². The zero-order valence-corrected chi connectivity index (χ0v) is 9.80. The number of aromatic nitrogens is 1. The summed E-state index contributed by atoms with van der Waals surface area (Å²) in [5, 5.41) is 1.48. The Morgan fingerprint density at radius 1 is 1.43 bits per heavy atom. The number of nitrogens with zero attached hydrogens (tertiary/aromatic N) is 1. The van der Waals surface area contributed by atoms with E-state index in [2.05, 4.69) is 4.98 Å². The van der Waals surface area contributed by atoms with Crippen LogP contribution in [0.25, 0.3) is 10.8 Å². The van der Waals surface area contributed by atoms with Gasteiger partial charge in [0, 0.05) is 11.6 Å². The van der Waals surface area contributed by atoms with E-state index in [-0.39, 0.29) is 5.02 Å². The lowest BCUT2D eigenvalue weighted by atomic mass is 10.2. The lowest BCUT2D eigenvalue weighted by Crippen LogP contribution is -1.91. The van der Waals surface area contributed by atoms with Gasteiger partial charge in [0.25, 0.3) is 0 Å². The minimum absolute atomic E-state index is 0.0967.